The number of carbonyl (C=O) groups excluding carboxylic acids is 2. The average Bonchev–Trinajstić information content (AvgIpc) is 2.71. The second-order valence-electron chi connectivity index (χ2n) is 7.02. The first kappa shape index (κ1) is 19.8. The molecule has 0 atom stereocenters. The van der Waals surface area contributed by atoms with Crippen LogP contribution in [0, 0.1) is 0 Å². The SMILES string of the molecule is CC(=O)SCC(=Cc1ccc(C=O)c(O)c1)B1OC(C)(C)C(C)(C)O1. The fourth-order valence-electron chi connectivity index (χ4n) is 2.32. The largest absolute Gasteiger partial charge is 0.507 e. The summed E-state index contributed by atoms with van der Waals surface area (Å²) in [6, 6.07) is 4.79. The second kappa shape index (κ2) is 7.36. The van der Waals surface area contributed by atoms with Gasteiger partial charge in [0.2, 0.25) is 0 Å². The molecule has 1 fully saturated rings. The Labute approximate surface area is 152 Å². The van der Waals surface area contributed by atoms with Gasteiger partial charge < -0.3 is 14.4 Å². The molecule has 1 aromatic carbocycles. The van der Waals surface area contributed by atoms with Crippen LogP contribution < -0.4 is 0 Å². The van der Waals surface area contributed by atoms with Gasteiger partial charge in [-0.2, -0.15) is 0 Å². The van der Waals surface area contributed by atoms with Crippen LogP contribution in [0.1, 0.15) is 50.5 Å². The zero-order chi connectivity index (χ0) is 18.8. The molecular formula is C18H23BO5S. The van der Waals surface area contributed by atoms with Gasteiger partial charge in [-0.1, -0.05) is 23.9 Å². The Morgan fingerprint density at radius 2 is 1.84 bits per heavy atom. The lowest BCUT2D eigenvalue weighted by molar-refractivity contribution is -0.109. The van der Waals surface area contributed by atoms with Crippen molar-refractivity contribution in [3.63, 3.8) is 0 Å². The van der Waals surface area contributed by atoms with Crippen LogP contribution in [0.15, 0.2) is 23.7 Å². The number of aromatic hydroxyl groups is 1. The first-order chi connectivity index (χ1) is 11.6. The molecule has 0 bridgehead atoms. The molecule has 1 aliphatic rings. The van der Waals surface area contributed by atoms with Crippen molar-refractivity contribution in [1.29, 1.82) is 0 Å². The van der Waals surface area contributed by atoms with Crippen LogP contribution in [0.3, 0.4) is 0 Å². The molecule has 1 saturated heterocycles. The Morgan fingerprint density at radius 3 is 2.32 bits per heavy atom. The van der Waals surface area contributed by atoms with Crippen molar-refractivity contribution in [3.8, 4) is 5.75 Å². The summed E-state index contributed by atoms with van der Waals surface area (Å²) in [7, 11) is -0.579. The third kappa shape index (κ3) is 4.54. The highest BCUT2D eigenvalue weighted by atomic mass is 32.2. The summed E-state index contributed by atoms with van der Waals surface area (Å²) in [5.74, 6) is 0.332. The molecule has 0 radical (unpaired) electrons. The lowest BCUT2D eigenvalue weighted by atomic mass is 9.78. The van der Waals surface area contributed by atoms with Gasteiger partial charge in [-0.05, 0) is 50.9 Å². The van der Waals surface area contributed by atoms with Gasteiger partial charge in [0.15, 0.2) is 11.4 Å². The van der Waals surface area contributed by atoms with Gasteiger partial charge in [0.05, 0.1) is 16.8 Å². The van der Waals surface area contributed by atoms with E-state index in [0.29, 0.717) is 17.6 Å². The summed E-state index contributed by atoms with van der Waals surface area (Å²) in [4.78, 5) is 22.2. The molecular weight excluding hydrogens is 339 g/mol. The van der Waals surface area contributed by atoms with E-state index in [-0.39, 0.29) is 16.4 Å². The number of phenols is 1. The van der Waals surface area contributed by atoms with E-state index in [1.165, 1.54) is 24.8 Å². The number of rotatable bonds is 5. The van der Waals surface area contributed by atoms with Crippen LogP contribution in [0.2, 0.25) is 0 Å². The van der Waals surface area contributed by atoms with Crippen molar-refractivity contribution in [1.82, 2.24) is 0 Å². The maximum atomic E-state index is 11.4. The van der Waals surface area contributed by atoms with Crippen LogP contribution in [-0.2, 0) is 14.1 Å². The summed E-state index contributed by atoms with van der Waals surface area (Å²) in [6.07, 6.45) is 2.43. The molecule has 5 nitrogen and oxygen atoms in total. The topological polar surface area (TPSA) is 72.8 Å². The van der Waals surface area contributed by atoms with E-state index < -0.39 is 18.3 Å². The molecule has 25 heavy (non-hydrogen) atoms. The number of hydrogen-bond donors (Lipinski definition) is 1. The van der Waals surface area contributed by atoms with Crippen molar-refractivity contribution in [2.45, 2.75) is 45.8 Å². The predicted octanol–water partition coefficient (Wildman–Crippen LogP) is 3.50. The molecule has 0 aromatic heterocycles. The highest BCUT2D eigenvalue weighted by Crippen LogP contribution is 2.39. The van der Waals surface area contributed by atoms with Crippen molar-refractivity contribution in [2.75, 3.05) is 5.75 Å². The summed E-state index contributed by atoms with van der Waals surface area (Å²) >= 11 is 1.17. The normalized spacial score (nSPS) is 19.1. The minimum Gasteiger partial charge on any atom is -0.507 e. The smallest absolute Gasteiger partial charge is 0.491 e. The first-order valence-corrected chi connectivity index (χ1v) is 9.02. The molecule has 2 rings (SSSR count). The number of phenolic OH excluding ortho intramolecular Hbond substituents is 1. The molecule has 0 aliphatic carbocycles. The molecule has 1 heterocycles. The number of benzene rings is 1. The van der Waals surface area contributed by atoms with Crippen molar-refractivity contribution >= 4 is 36.4 Å². The van der Waals surface area contributed by atoms with E-state index >= 15 is 0 Å². The lowest BCUT2D eigenvalue weighted by Crippen LogP contribution is -2.41. The second-order valence-corrected chi connectivity index (χ2v) is 8.18. The minimum atomic E-state index is -0.579. The fourth-order valence-corrected chi connectivity index (χ4v) is 2.91. The maximum Gasteiger partial charge on any atom is 0.491 e. The molecule has 1 aromatic rings. The van der Waals surface area contributed by atoms with Crippen LogP contribution in [0.25, 0.3) is 6.08 Å². The fraction of sp³-hybridized carbons (Fsp3) is 0.444. The Bertz CT molecular complexity index is 695. The third-order valence-corrected chi connectivity index (χ3v) is 5.42. The highest BCUT2D eigenvalue weighted by Gasteiger charge is 2.52. The van der Waals surface area contributed by atoms with E-state index in [0.717, 1.165) is 5.47 Å². The third-order valence-electron chi connectivity index (χ3n) is 4.53. The number of hydrogen-bond acceptors (Lipinski definition) is 6. The highest BCUT2D eigenvalue weighted by molar-refractivity contribution is 8.13. The van der Waals surface area contributed by atoms with E-state index in [1.54, 1.807) is 12.1 Å². The maximum absolute atomic E-state index is 11.4. The monoisotopic (exact) mass is 362 g/mol. The molecule has 7 heteroatoms. The van der Waals surface area contributed by atoms with E-state index in [2.05, 4.69) is 0 Å². The Kier molecular flexibility index (Phi) is 5.81. The van der Waals surface area contributed by atoms with Crippen LogP contribution in [0.5, 0.6) is 5.75 Å². The Balaban J connectivity index is 2.34. The summed E-state index contributed by atoms with van der Waals surface area (Å²) in [6.45, 7) is 9.37. The zero-order valence-electron chi connectivity index (χ0n) is 15.2. The van der Waals surface area contributed by atoms with Crippen LogP contribution in [-0.4, -0.2) is 40.6 Å². The van der Waals surface area contributed by atoms with Gasteiger partial charge in [0.1, 0.15) is 5.75 Å². The van der Waals surface area contributed by atoms with Gasteiger partial charge in [0, 0.05) is 12.7 Å². The first-order valence-electron chi connectivity index (χ1n) is 8.03. The Hall–Kier alpha value is -1.57. The Morgan fingerprint density at radius 1 is 1.24 bits per heavy atom. The minimum absolute atomic E-state index is 0.00145. The predicted molar refractivity (Wildman–Crippen MR) is 101 cm³/mol. The van der Waals surface area contributed by atoms with E-state index in [1.807, 2.05) is 33.8 Å². The molecule has 0 spiro atoms. The molecule has 1 N–H and O–H groups in total. The summed E-state index contributed by atoms with van der Waals surface area (Å²) < 4.78 is 12.1. The van der Waals surface area contributed by atoms with Gasteiger partial charge in [0.25, 0.3) is 0 Å². The summed E-state index contributed by atoms with van der Waals surface area (Å²) in [5.41, 5.74) is 0.754. The van der Waals surface area contributed by atoms with E-state index in [9.17, 15) is 14.7 Å². The standard InChI is InChI=1S/C18H23BO5S/c1-12(21)25-11-15(19-23-17(2,3)18(4,5)24-19)8-13-6-7-14(10-20)16(22)9-13/h6-10,22H,11H2,1-5H3. The number of carbonyl (C=O) groups is 2. The summed E-state index contributed by atoms with van der Waals surface area (Å²) in [5, 5.41) is 9.87. The lowest BCUT2D eigenvalue weighted by Gasteiger charge is -2.32. The average molecular weight is 362 g/mol. The quantitative estimate of drug-likeness (QED) is 0.639. The van der Waals surface area contributed by atoms with Crippen molar-refractivity contribution < 1.29 is 24.0 Å². The van der Waals surface area contributed by atoms with E-state index in [4.69, 9.17) is 9.31 Å². The number of aldehydes is 1. The van der Waals surface area contributed by atoms with Crippen molar-refractivity contribution in [3.05, 3.63) is 34.8 Å². The molecule has 134 valence electrons. The van der Waals surface area contributed by atoms with Crippen LogP contribution >= 0.6 is 11.8 Å². The number of thioether (sulfide) groups is 1. The van der Waals surface area contributed by atoms with Crippen LogP contribution in [0.4, 0.5) is 0 Å². The van der Waals surface area contributed by atoms with Gasteiger partial charge >= 0.3 is 7.12 Å². The van der Waals surface area contributed by atoms with Gasteiger partial charge in [-0.25, -0.2) is 0 Å². The van der Waals surface area contributed by atoms with Gasteiger partial charge in [-0.3, -0.25) is 9.59 Å². The van der Waals surface area contributed by atoms with Gasteiger partial charge in [-0.15, -0.1) is 0 Å². The molecule has 0 saturated carbocycles. The molecule has 0 amide bonds. The molecule has 0 unspecified atom stereocenters. The molecule has 1 aliphatic heterocycles. The van der Waals surface area contributed by atoms with Crippen molar-refractivity contribution in [2.24, 2.45) is 0 Å². The zero-order valence-corrected chi connectivity index (χ0v) is 16.0.